The Hall–Kier alpha value is -1.12. The van der Waals surface area contributed by atoms with Crippen LogP contribution in [0.2, 0.25) is 5.02 Å². The Kier molecular flexibility index (Phi) is 4.78. The maximum atomic E-state index is 12.7. The maximum absolute atomic E-state index is 12.7. The molecule has 1 aliphatic heterocycles. The van der Waals surface area contributed by atoms with Crippen LogP contribution in [0.15, 0.2) is 36.4 Å². The highest BCUT2D eigenvalue weighted by Crippen LogP contribution is 2.24. The number of carbonyl (C=O) groups is 1. The molecule has 0 saturated heterocycles. The number of hydrogen-bond acceptors (Lipinski definition) is 2. The highest BCUT2D eigenvalue weighted by Gasteiger charge is 2.29. The van der Waals surface area contributed by atoms with Gasteiger partial charge in [0.05, 0.1) is 5.92 Å². The third-order valence-electron chi connectivity index (χ3n) is 3.82. The molecule has 0 aliphatic carbocycles. The molecule has 0 bridgehead atoms. The number of nitrogens with zero attached hydrogens (tertiary/aromatic N) is 1. The lowest BCUT2D eigenvalue weighted by atomic mass is 9.88. The first-order valence-corrected chi connectivity index (χ1v) is 7.18. The second-order valence-electron chi connectivity index (χ2n) is 5.07. The topological polar surface area (TPSA) is 20.3 Å². The Bertz CT molecular complexity index is 466. The number of hydrogen-bond donors (Lipinski definition) is 0. The number of ketones is 1. The molecule has 1 aliphatic rings. The van der Waals surface area contributed by atoms with Crippen LogP contribution in [-0.4, -0.2) is 30.3 Å². The molecule has 19 heavy (non-hydrogen) atoms. The van der Waals surface area contributed by atoms with E-state index in [9.17, 15) is 4.79 Å². The Balaban J connectivity index is 2.26. The predicted octanol–water partition coefficient (Wildman–Crippen LogP) is 3.81. The van der Waals surface area contributed by atoms with E-state index < -0.39 is 0 Å². The molecule has 2 nitrogen and oxygen atoms in total. The molecule has 0 aromatic heterocycles. The van der Waals surface area contributed by atoms with Gasteiger partial charge in [0.25, 0.3) is 0 Å². The number of benzene rings is 1. The average molecular weight is 278 g/mol. The second kappa shape index (κ2) is 6.36. The minimum absolute atomic E-state index is 0.0568. The van der Waals surface area contributed by atoms with Gasteiger partial charge >= 0.3 is 0 Å². The SMILES string of the molecule is CCC1C(C(=O)c2ccc(Cl)cc2)C=CCCN1C. The summed E-state index contributed by atoms with van der Waals surface area (Å²) in [5, 5.41) is 0.664. The number of rotatable bonds is 3. The molecule has 0 amide bonds. The molecule has 1 heterocycles. The fourth-order valence-electron chi connectivity index (χ4n) is 2.72. The van der Waals surface area contributed by atoms with Gasteiger partial charge in [0.15, 0.2) is 5.78 Å². The van der Waals surface area contributed by atoms with Crippen LogP contribution in [0, 0.1) is 5.92 Å². The smallest absolute Gasteiger partial charge is 0.171 e. The van der Waals surface area contributed by atoms with Crippen LogP contribution in [0.1, 0.15) is 30.1 Å². The third-order valence-corrected chi connectivity index (χ3v) is 4.07. The van der Waals surface area contributed by atoms with Gasteiger partial charge < -0.3 is 4.90 Å². The molecule has 1 aromatic rings. The van der Waals surface area contributed by atoms with E-state index in [1.807, 2.05) is 12.1 Å². The molecule has 0 radical (unpaired) electrons. The maximum Gasteiger partial charge on any atom is 0.171 e. The summed E-state index contributed by atoms with van der Waals surface area (Å²) >= 11 is 5.87. The first-order chi connectivity index (χ1) is 9.13. The second-order valence-corrected chi connectivity index (χ2v) is 5.51. The van der Waals surface area contributed by atoms with Crippen molar-refractivity contribution in [2.45, 2.75) is 25.8 Å². The van der Waals surface area contributed by atoms with Crippen LogP contribution >= 0.6 is 11.6 Å². The van der Waals surface area contributed by atoms with Gasteiger partial charge in [-0.2, -0.15) is 0 Å². The Morgan fingerprint density at radius 1 is 1.37 bits per heavy atom. The lowest BCUT2D eigenvalue weighted by Gasteiger charge is -2.30. The van der Waals surface area contributed by atoms with Gasteiger partial charge in [-0.25, -0.2) is 0 Å². The van der Waals surface area contributed by atoms with E-state index in [1.54, 1.807) is 12.1 Å². The molecule has 2 unspecified atom stereocenters. The standard InChI is InChI=1S/C16H20ClNO/c1-3-15-14(6-4-5-11-18(15)2)16(19)12-7-9-13(17)10-8-12/h4,6-10,14-15H,3,5,11H2,1-2H3. The third kappa shape index (κ3) is 3.26. The minimum Gasteiger partial charge on any atom is -0.302 e. The van der Waals surface area contributed by atoms with E-state index in [4.69, 9.17) is 11.6 Å². The van der Waals surface area contributed by atoms with E-state index in [-0.39, 0.29) is 17.7 Å². The van der Waals surface area contributed by atoms with Crippen molar-refractivity contribution in [3.8, 4) is 0 Å². The van der Waals surface area contributed by atoms with Crippen LogP contribution in [-0.2, 0) is 0 Å². The van der Waals surface area contributed by atoms with Gasteiger partial charge in [-0.15, -0.1) is 0 Å². The lowest BCUT2D eigenvalue weighted by Crippen LogP contribution is -2.39. The van der Waals surface area contributed by atoms with Crippen LogP contribution in [0.25, 0.3) is 0 Å². The van der Waals surface area contributed by atoms with E-state index >= 15 is 0 Å². The van der Waals surface area contributed by atoms with Crippen molar-refractivity contribution in [2.75, 3.05) is 13.6 Å². The van der Waals surface area contributed by atoms with E-state index in [0.29, 0.717) is 5.02 Å². The molecular weight excluding hydrogens is 258 g/mol. The first-order valence-electron chi connectivity index (χ1n) is 6.80. The summed E-state index contributed by atoms with van der Waals surface area (Å²) in [6, 6.07) is 7.47. The summed E-state index contributed by atoms with van der Waals surface area (Å²) in [6.07, 6.45) is 6.20. The quantitative estimate of drug-likeness (QED) is 0.619. The monoisotopic (exact) mass is 277 g/mol. The zero-order valence-corrected chi connectivity index (χ0v) is 12.2. The molecule has 0 fully saturated rings. The normalized spacial score (nSPS) is 24.2. The summed E-state index contributed by atoms with van der Waals surface area (Å²) in [5.74, 6) is 0.132. The van der Waals surface area contributed by atoms with Crippen molar-refractivity contribution in [3.05, 3.63) is 47.0 Å². The summed E-state index contributed by atoms with van der Waals surface area (Å²) in [6.45, 7) is 3.15. The lowest BCUT2D eigenvalue weighted by molar-refractivity contribution is 0.0866. The molecule has 0 saturated carbocycles. The van der Waals surface area contributed by atoms with Crippen LogP contribution in [0.5, 0.6) is 0 Å². The summed E-state index contributed by atoms with van der Waals surface area (Å²) < 4.78 is 0. The highest BCUT2D eigenvalue weighted by atomic mass is 35.5. The van der Waals surface area contributed by atoms with Crippen molar-refractivity contribution in [2.24, 2.45) is 5.92 Å². The van der Waals surface area contributed by atoms with Crippen molar-refractivity contribution in [1.29, 1.82) is 0 Å². The molecule has 0 N–H and O–H groups in total. The van der Waals surface area contributed by atoms with E-state index in [1.165, 1.54) is 0 Å². The molecule has 2 atom stereocenters. The van der Waals surface area contributed by atoms with Crippen molar-refractivity contribution in [1.82, 2.24) is 4.90 Å². The Labute approximate surface area is 120 Å². The van der Waals surface area contributed by atoms with Crippen molar-refractivity contribution < 1.29 is 4.79 Å². The average Bonchev–Trinajstić information content (AvgIpc) is 2.60. The van der Waals surface area contributed by atoms with E-state index in [2.05, 4.69) is 31.0 Å². The molecule has 2 rings (SSSR count). The molecule has 0 spiro atoms. The summed E-state index contributed by atoms with van der Waals surface area (Å²) in [4.78, 5) is 14.9. The van der Waals surface area contributed by atoms with Gasteiger partial charge in [0.1, 0.15) is 0 Å². The Morgan fingerprint density at radius 3 is 2.68 bits per heavy atom. The van der Waals surface area contributed by atoms with Gasteiger partial charge in [-0.3, -0.25) is 4.79 Å². The van der Waals surface area contributed by atoms with Gasteiger partial charge in [-0.1, -0.05) is 30.7 Å². The number of halogens is 1. The fourth-order valence-corrected chi connectivity index (χ4v) is 2.85. The summed E-state index contributed by atoms with van der Waals surface area (Å²) in [5.41, 5.74) is 0.743. The molecular formula is C16H20ClNO. The largest absolute Gasteiger partial charge is 0.302 e. The molecule has 102 valence electrons. The van der Waals surface area contributed by atoms with Crippen molar-refractivity contribution >= 4 is 17.4 Å². The molecule has 3 heteroatoms. The Morgan fingerprint density at radius 2 is 2.05 bits per heavy atom. The predicted molar refractivity (Wildman–Crippen MR) is 79.7 cm³/mol. The minimum atomic E-state index is -0.0568. The fraction of sp³-hybridized carbons (Fsp3) is 0.438. The van der Waals surface area contributed by atoms with Crippen LogP contribution < -0.4 is 0 Å². The zero-order valence-electron chi connectivity index (χ0n) is 11.5. The number of Topliss-reactive ketones (excluding diaryl/α,β-unsaturated/α-hetero) is 1. The first kappa shape index (κ1) is 14.3. The van der Waals surface area contributed by atoms with Gasteiger partial charge in [0.2, 0.25) is 0 Å². The van der Waals surface area contributed by atoms with Gasteiger partial charge in [0, 0.05) is 23.2 Å². The van der Waals surface area contributed by atoms with E-state index in [0.717, 1.165) is 24.9 Å². The number of carbonyl (C=O) groups excluding carboxylic acids is 1. The zero-order chi connectivity index (χ0) is 13.8. The van der Waals surface area contributed by atoms with Crippen molar-refractivity contribution in [3.63, 3.8) is 0 Å². The summed E-state index contributed by atoms with van der Waals surface area (Å²) in [7, 11) is 2.10. The van der Waals surface area contributed by atoms with Crippen LogP contribution in [0.4, 0.5) is 0 Å². The highest BCUT2D eigenvalue weighted by molar-refractivity contribution is 6.30. The van der Waals surface area contributed by atoms with Gasteiger partial charge in [-0.05, 0) is 44.2 Å². The van der Waals surface area contributed by atoms with Crippen LogP contribution in [0.3, 0.4) is 0 Å². The molecule has 1 aromatic carbocycles.